The Balaban J connectivity index is 1.59. The van der Waals surface area contributed by atoms with Crippen molar-refractivity contribution < 1.29 is 0 Å². The van der Waals surface area contributed by atoms with Crippen LogP contribution in [0, 0.1) is 0 Å². The van der Waals surface area contributed by atoms with E-state index >= 15 is 0 Å². The van der Waals surface area contributed by atoms with Gasteiger partial charge in [0.2, 0.25) is 0 Å². The normalized spacial score (nSPS) is 33.5. The van der Waals surface area contributed by atoms with E-state index in [4.69, 9.17) is 0 Å². The van der Waals surface area contributed by atoms with Crippen molar-refractivity contribution in [3.05, 3.63) is 0 Å². The predicted molar refractivity (Wildman–Crippen MR) is 94.3 cm³/mol. The zero-order valence-electron chi connectivity index (χ0n) is 15.7. The molecule has 3 heteroatoms. The number of rotatable bonds is 1. The van der Waals surface area contributed by atoms with E-state index in [0.717, 1.165) is 18.1 Å². The smallest absolute Gasteiger partial charge is 0.0232 e. The molecule has 3 nitrogen and oxygen atoms in total. The second-order valence-electron chi connectivity index (χ2n) is 9.81. The molecule has 0 radical (unpaired) electrons. The summed E-state index contributed by atoms with van der Waals surface area (Å²) in [5.41, 5.74) is 0.683. The molecule has 0 aliphatic carbocycles. The fraction of sp³-hybridized carbons (Fsp3) is 1.00. The number of hydrogen-bond acceptors (Lipinski definition) is 3. The van der Waals surface area contributed by atoms with Crippen LogP contribution in [0.4, 0.5) is 0 Å². The van der Waals surface area contributed by atoms with E-state index in [1.807, 2.05) is 0 Å². The lowest BCUT2D eigenvalue weighted by Gasteiger charge is -2.51. The van der Waals surface area contributed by atoms with Crippen LogP contribution in [0.2, 0.25) is 0 Å². The van der Waals surface area contributed by atoms with E-state index in [-0.39, 0.29) is 0 Å². The molecule has 2 bridgehead atoms. The second-order valence-corrected chi connectivity index (χ2v) is 9.81. The third kappa shape index (κ3) is 3.22. The van der Waals surface area contributed by atoms with Crippen molar-refractivity contribution in [1.82, 2.24) is 14.7 Å². The van der Waals surface area contributed by atoms with Crippen molar-refractivity contribution in [3.8, 4) is 0 Å². The molecular formula is C19H37N3. The van der Waals surface area contributed by atoms with Gasteiger partial charge in [-0.15, -0.1) is 0 Å². The van der Waals surface area contributed by atoms with Crippen LogP contribution in [0.5, 0.6) is 0 Å². The topological polar surface area (TPSA) is 9.72 Å². The van der Waals surface area contributed by atoms with Crippen molar-refractivity contribution in [2.45, 2.75) is 96.4 Å². The molecule has 0 saturated carbocycles. The van der Waals surface area contributed by atoms with E-state index in [9.17, 15) is 0 Å². The highest BCUT2D eigenvalue weighted by Crippen LogP contribution is 2.37. The Morgan fingerprint density at radius 2 is 1.14 bits per heavy atom. The molecule has 128 valence electrons. The molecule has 3 aliphatic rings. The Labute approximate surface area is 138 Å². The maximum absolute atomic E-state index is 2.85. The highest BCUT2D eigenvalue weighted by atomic mass is 15.4. The van der Waals surface area contributed by atoms with E-state index in [0.29, 0.717) is 11.1 Å². The van der Waals surface area contributed by atoms with Gasteiger partial charge in [-0.05, 0) is 67.2 Å². The Morgan fingerprint density at radius 1 is 0.636 bits per heavy atom. The van der Waals surface area contributed by atoms with Crippen molar-refractivity contribution >= 4 is 0 Å². The third-order valence-electron chi connectivity index (χ3n) is 6.21. The lowest BCUT2D eigenvalue weighted by molar-refractivity contribution is -0.0295. The minimum absolute atomic E-state index is 0.341. The molecule has 0 spiro atoms. The van der Waals surface area contributed by atoms with Crippen LogP contribution in [0.1, 0.15) is 67.2 Å². The van der Waals surface area contributed by atoms with Crippen molar-refractivity contribution in [1.29, 1.82) is 0 Å². The van der Waals surface area contributed by atoms with E-state index < -0.39 is 0 Å². The Hall–Kier alpha value is -0.120. The number of likely N-dealkylation sites (tertiary alicyclic amines) is 2. The average Bonchev–Trinajstić information content (AvgIpc) is 2.70. The highest BCUT2D eigenvalue weighted by molar-refractivity contribution is 5.02. The summed E-state index contributed by atoms with van der Waals surface area (Å²) < 4.78 is 0. The molecule has 3 aliphatic heterocycles. The van der Waals surface area contributed by atoms with Gasteiger partial charge in [0, 0.05) is 55.4 Å². The number of fused-ring (bicyclic) bond motifs is 2. The quantitative estimate of drug-likeness (QED) is 0.736. The lowest BCUT2D eigenvalue weighted by atomic mass is 9.94. The highest BCUT2D eigenvalue weighted by Gasteiger charge is 2.46. The van der Waals surface area contributed by atoms with Gasteiger partial charge in [-0.2, -0.15) is 0 Å². The van der Waals surface area contributed by atoms with E-state index in [1.165, 1.54) is 51.9 Å². The first kappa shape index (κ1) is 16.7. The first-order chi connectivity index (χ1) is 10.2. The Morgan fingerprint density at radius 3 is 1.55 bits per heavy atom. The van der Waals surface area contributed by atoms with Crippen molar-refractivity contribution in [2.24, 2.45) is 0 Å². The Bertz CT molecular complexity index is 370. The van der Waals surface area contributed by atoms with E-state index in [1.54, 1.807) is 0 Å². The summed E-state index contributed by atoms with van der Waals surface area (Å²) in [5, 5.41) is 0. The molecule has 3 saturated heterocycles. The summed E-state index contributed by atoms with van der Waals surface area (Å²) in [6.45, 7) is 19.5. The van der Waals surface area contributed by atoms with Crippen LogP contribution >= 0.6 is 0 Å². The van der Waals surface area contributed by atoms with Gasteiger partial charge in [0.15, 0.2) is 0 Å². The molecule has 0 N–H and O–H groups in total. The SMILES string of the molecule is CC(C)(C)N1CCC(N2CC3CCC(C2)N3C(C)(C)C)CC1. The minimum atomic E-state index is 0.341. The van der Waals surface area contributed by atoms with Gasteiger partial charge < -0.3 is 0 Å². The third-order valence-corrected chi connectivity index (χ3v) is 6.21. The minimum Gasteiger partial charge on any atom is -0.298 e. The van der Waals surface area contributed by atoms with Gasteiger partial charge in [-0.3, -0.25) is 14.7 Å². The maximum Gasteiger partial charge on any atom is 0.0232 e. The lowest BCUT2D eigenvalue weighted by Crippen LogP contribution is -2.62. The van der Waals surface area contributed by atoms with Gasteiger partial charge in [0.05, 0.1) is 0 Å². The van der Waals surface area contributed by atoms with Crippen LogP contribution in [-0.4, -0.2) is 70.1 Å². The molecule has 22 heavy (non-hydrogen) atoms. The fourth-order valence-corrected chi connectivity index (χ4v) is 5.23. The van der Waals surface area contributed by atoms with Crippen LogP contribution in [0.15, 0.2) is 0 Å². The maximum atomic E-state index is 2.85. The molecule has 0 aromatic rings. The van der Waals surface area contributed by atoms with Crippen LogP contribution in [0.3, 0.4) is 0 Å². The van der Waals surface area contributed by atoms with Crippen LogP contribution < -0.4 is 0 Å². The molecule has 3 rings (SSSR count). The molecule has 2 atom stereocenters. The fourth-order valence-electron chi connectivity index (χ4n) is 5.23. The molecule has 3 fully saturated rings. The summed E-state index contributed by atoms with van der Waals surface area (Å²) >= 11 is 0. The van der Waals surface area contributed by atoms with Crippen molar-refractivity contribution in [3.63, 3.8) is 0 Å². The van der Waals surface area contributed by atoms with Crippen LogP contribution in [0.25, 0.3) is 0 Å². The van der Waals surface area contributed by atoms with E-state index in [2.05, 4.69) is 56.2 Å². The number of nitrogens with zero attached hydrogens (tertiary/aromatic N) is 3. The molecule has 0 amide bonds. The molecule has 0 aromatic carbocycles. The monoisotopic (exact) mass is 307 g/mol. The van der Waals surface area contributed by atoms with Gasteiger partial charge in [0.1, 0.15) is 0 Å². The standard InChI is InChI=1S/C19H37N3/c1-18(2,3)21-11-9-15(10-12-21)20-13-16-7-8-17(14-20)22(16)19(4,5)6/h15-17H,7-14H2,1-6H3. The zero-order valence-corrected chi connectivity index (χ0v) is 15.7. The molecule has 2 unspecified atom stereocenters. The van der Waals surface area contributed by atoms with Gasteiger partial charge in [-0.25, -0.2) is 0 Å². The first-order valence-corrected chi connectivity index (χ1v) is 9.44. The average molecular weight is 308 g/mol. The van der Waals surface area contributed by atoms with Crippen LogP contribution in [-0.2, 0) is 0 Å². The molecule has 0 aromatic heterocycles. The summed E-state index contributed by atoms with van der Waals surface area (Å²) in [6.07, 6.45) is 5.57. The van der Waals surface area contributed by atoms with Crippen molar-refractivity contribution in [2.75, 3.05) is 26.2 Å². The first-order valence-electron chi connectivity index (χ1n) is 9.44. The second kappa shape index (κ2) is 5.75. The number of piperidine rings is 1. The summed E-state index contributed by atoms with van der Waals surface area (Å²) in [5.74, 6) is 0. The Kier molecular flexibility index (Phi) is 4.37. The summed E-state index contributed by atoms with van der Waals surface area (Å²) in [6, 6.07) is 2.45. The number of piperazine rings is 1. The summed E-state index contributed by atoms with van der Waals surface area (Å²) in [7, 11) is 0. The largest absolute Gasteiger partial charge is 0.298 e. The predicted octanol–water partition coefficient (Wildman–Crippen LogP) is 3.20. The zero-order chi connectivity index (χ0) is 16.1. The van der Waals surface area contributed by atoms with Gasteiger partial charge in [0.25, 0.3) is 0 Å². The van der Waals surface area contributed by atoms with Gasteiger partial charge in [-0.1, -0.05) is 0 Å². The molecule has 3 heterocycles. The van der Waals surface area contributed by atoms with Gasteiger partial charge >= 0.3 is 0 Å². The summed E-state index contributed by atoms with van der Waals surface area (Å²) in [4.78, 5) is 8.35. The number of hydrogen-bond donors (Lipinski definition) is 0. The molecular weight excluding hydrogens is 270 g/mol.